The zero-order chi connectivity index (χ0) is 16.2. The smallest absolute Gasteiger partial charge is 0.317 e. The normalized spacial score (nSPS) is 14.9. The van der Waals surface area contributed by atoms with E-state index in [9.17, 15) is 4.79 Å². The SMILES string of the molecule is Cc1ccc(N2CCN(C(=O)NCc3ccco3)CC2)c(Br)c1. The molecule has 1 saturated heterocycles. The molecular formula is C17H20BrN3O2. The Morgan fingerprint density at radius 1 is 1.26 bits per heavy atom. The van der Waals surface area contributed by atoms with Gasteiger partial charge in [-0.1, -0.05) is 6.07 Å². The number of carbonyl (C=O) groups is 1. The summed E-state index contributed by atoms with van der Waals surface area (Å²) in [5.41, 5.74) is 2.42. The third-order valence-electron chi connectivity index (χ3n) is 4.00. The van der Waals surface area contributed by atoms with Crippen LogP contribution in [-0.2, 0) is 6.54 Å². The maximum absolute atomic E-state index is 12.2. The van der Waals surface area contributed by atoms with Crippen LogP contribution in [0.2, 0.25) is 0 Å². The Morgan fingerprint density at radius 2 is 2.04 bits per heavy atom. The number of hydrogen-bond acceptors (Lipinski definition) is 3. The maximum Gasteiger partial charge on any atom is 0.317 e. The third-order valence-corrected chi connectivity index (χ3v) is 4.64. The molecule has 0 aliphatic carbocycles. The van der Waals surface area contributed by atoms with Crippen molar-refractivity contribution in [2.75, 3.05) is 31.1 Å². The van der Waals surface area contributed by atoms with Gasteiger partial charge in [0.2, 0.25) is 0 Å². The highest BCUT2D eigenvalue weighted by atomic mass is 79.9. The highest BCUT2D eigenvalue weighted by molar-refractivity contribution is 9.10. The van der Waals surface area contributed by atoms with Crippen LogP contribution in [0.4, 0.5) is 10.5 Å². The van der Waals surface area contributed by atoms with E-state index in [1.165, 1.54) is 11.3 Å². The predicted octanol–water partition coefficient (Wildman–Crippen LogP) is 3.38. The van der Waals surface area contributed by atoms with Crippen LogP contribution in [0.3, 0.4) is 0 Å². The summed E-state index contributed by atoms with van der Waals surface area (Å²) in [6, 6.07) is 10.0. The minimum absolute atomic E-state index is 0.0379. The van der Waals surface area contributed by atoms with Crippen molar-refractivity contribution in [3.8, 4) is 0 Å². The number of nitrogens with zero attached hydrogens (tertiary/aromatic N) is 2. The van der Waals surface area contributed by atoms with Crippen LogP contribution < -0.4 is 10.2 Å². The fourth-order valence-corrected chi connectivity index (χ4v) is 3.45. The lowest BCUT2D eigenvalue weighted by molar-refractivity contribution is 0.193. The summed E-state index contributed by atoms with van der Waals surface area (Å²) in [5.74, 6) is 0.764. The zero-order valence-corrected chi connectivity index (χ0v) is 14.7. The van der Waals surface area contributed by atoms with Gasteiger partial charge in [0.05, 0.1) is 18.5 Å². The predicted molar refractivity (Wildman–Crippen MR) is 93.6 cm³/mol. The number of furan rings is 1. The molecule has 5 nitrogen and oxygen atoms in total. The molecule has 0 spiro atoms. The lowest BCUT2D eigenvalue weighted by Crippen LogP contribution is -2.51. The molecule has 0 radical (unpaired) electrons. The lowest BCUT2D eigenvalue weighted by Gasteiger charge is -2.36. The minimum Gasteiger partial charge on any atom is -0.467 e. The van der Waals surface area contributed by atoms with Gasteiger partial charge in [-0.15, -0.1) is 0 Å². The van der Waals surface area contributed by atoms with Crippen LogP contribution in [0.1, 0.15) is 11.3 Å². The lowest BCUT2D eigenvalue weighted by atomic mass is 10.2. The Morgan fingerprint density at radius 3 is 2.70 bits per heavy atom. The monoisotopic (exact) mass is 377 g/mol. The molecule has 1 aliphatic rings. The second kappa shape index (κ2) is 7.08. The molecule has 2 aromatic rings. The average molecular weight is 378 g/mol. The van der Waals surface area contributed by atoms with Crippen molar-refractivity contribution in [3.05, 3.63) is 52.4 Å². The first-order chi connectivity index (χ1) is 11.1. The van der Waals surface area contributed by atoms with E-state index in [0.717, 1.165) is 23.3 Å². The number of urea groups is 1. The molecule has 2 amide bonds. The molecule has 0 saturated carbocycles. The number of amides is 2. The second-order valence-corrected chi connectivity index (χ2v) is 6.52. The van der Waals surface area contributed by atoms with Gasteiger partial charge in [-0.05, 0) is 52.7 Å². The largest absolute Gasteiger partial charge is 0.467 e. The number of piperazine rings is 1. The quantitative estimate of drug-likeness (QED) is 0.891. The van der Waals surface area contributed by atoms with Gasteiger partial charge in [-0.3, -0.25) is 0 Å². The maximum atomic E-state index is 12.2. The molecule has 0 bridgehead atoms. The summed E-state index contributed by atoms with van der Waals surface area (Å²) >= 11 is 3.63. The highest BCUT2D eigenvalue weighted by Gasteiger charge is 2.22. The molecule has 1 aliphatic heterocycles. The molecule has 6 heteroatoms. The van der Waals surface area contributed by atoms with Gasteiger partial charge in [0, 0.05) is 30.7 Å². The Kier molecular flexibility index (Phi) is 4.91. The first-order valence-corrected chi connectivity index (χ1v) is 8.49. The van der Waals surface area contributed by atoms with E-state index in [0.29, 0.717) is 19.6 Å². The average Bonchev–Trinajstić information content (AvgIpc) is 3.06. The van der Waals surface area contributed by atoms with Gasteiger partial charge in [-0.25, -0.2) is 4.79 Å². The van der Waals surface area contributed by atoms with E-state index < -0.39 is 0 Å². The van der Waals surface area contributed by atoms with E-state index in [1.807, 2.05) is 17.0 Å². The summed E-state index contributed by atoms with van der Waals surface area (Å²) < 4.78 is 6.33. The number of benzene rings is 1. The van der Waals surface area contributed by atoms with Crippen LogP contribution >= 0.6 is 15.9 Å². The van der Waals surface area contributed by atoms with Gasteiger partial charge < -0.3 is 19.5 Å². The summed E-state index contributed by atoms with van der Waals surface area (Å²) in [5, 5.41) is 2.89. The fraction of sp³-hybridized carbons (Fsp3) is 0.353. The summed E-state index contributed by atoms with van der Waals surface area (Å²) in [6.07, 6.45) is 1.61. The van der Waals surface area contributed by atoms with Crippen LogP contribution in [0.25, 0.3) is 0 Å². The van der Waals surface area contributed by atoms with Gasteiger partial charge in [0.15, 0.2) is 0 Å². The molecule has 3 rings (SSSR count). The number of hydrogen-bond donors (Lipinski definition) is 1. The van der Waals surface area contributed by atoms with Crippen LogP contribution in [0.5, 0.6) is 0 Å². The summed E-state index contributed by atoms with van der Waals surface area (Å²) in [7, 11) is 0. The number of carbonyl (C=O) groups excluding carboxylic acids is 1. The molecule has 0 unspecified atom stereocenters. The van der Waals surface area contributed by atoms with E-state index in [4.69, 9.17) is 4.42 Å². The Labute approximate surface area is 144 Å². The molecule has 23 heavy (non-hydrogen) atoms. The molecule has 1 fully saturated rings. The van der Waals surface area contributed by atoms with Crippen molar-refractivity contribution >= 4 is 27.6 Å². The van der Waals surface area contributed by atoms with Crippen LogP contribution in [0, 0.1) is 6.92 Å². The topological polar surface area (TPSA) is 48.7 Å². The fourth-order valence-electron chi connectivity index (χ4n) is 2.71. The molecule has 122 valence electrons. The molecule has 1 aromatic heterocycles. The number of rotatable bonds is 3. The Bertz CT molecular complexity index is 664. The first-order valence-electron chi connectivity index (χ1n) is 7.70. The highest BCUT2D eigenvalue weighted by Crippen LogP contribution is 2.28. The van der Waals surface area contributed by atoms with Crippen molar-refractivity contribution in [1.82, 2.24) is 10.2 Å². The van der Waals surface area contributed by atoms with Crippen molar-refractivity contribution < 1.29 is 9.21 Å². The van der Waals surface area contributed by atoms with E-state index >= 15 is 0 Å². The van der Waals surface area contributed by atoms with Crippen molar-refractivity contribution in [1.29, 1.82) is 0 Å². The van der Waals surface area contributed by atoms with Gasteiger partial charge in [-0.2, -0.15) is 0 Å². The number of anilines is 1. The zero-order valence-electron chi connectivity index (χ0n) is 13.1. The van der Waals surface area contributed by atoms with E-state index in [1.54, 1.807) is 6.26 Å². The number of aryl methyl sites for hydroxylation is 1. The Balaban J connectivity index is 1.52. The molecule has 2 heterocycles. The molecule has 1 N–H and O–H groups in total. The molecule has 0 atom stereocenters. The third kappa shape index (κ3) is 3.88. The van der Waals surface area contributed by atoms with Gasteiger partial charge in [0.1, 0.15) is 5.76 Å². The summed E-state index contributed by atoms with van der Waals surface area (Å²) in [4.78, 5) is 16.3. The second-order valence-electron chi connectivity index (χ2n) is 5.67. The van der Waals surface area contributed by atoms with Crippen molar-refractivity contribution in [2.45, 2.75) is 13.5 Å². The summed E-state index contributed by atoms with van der Waals surface area (Å²) in [6.45, 7) is 5.59. The number of nitrogens with one attached hydrogen (secondary N) is 1. The van der Waals surface area contributed by atoms with Crippen LogP contribution in [0.15, 0.2) is 45.5 Å². The Hall–Kier alpha value is -1.95. The van der Waals surface area contributed by atoms with Gasteiger partial charge >= 0.3 is 6.03 Å². The first kappa shape index (κ1) is 15.9. The van der Waals surface area contributed by atoms with Crippen molar-refractivity contribution in [2.24, 2.45) is 0 Å². The van der Waals surface area contributed by atoms with E-state index in [2.05, 4.69) is 51.3 Å². The van der Waals surface area contributed by atoms with E-state index in [-0.39, 0.29) is 6.03 Å². The molecule has 1 aromatic carbocycles. The van der Waals surface area contributed by atoms with Gasteiger partial charge in [0.25, 0.3) is 0 Å². The van der Waals surface area contributed by atoms with Crippen molar-refractivity contribution in [3.63, 3.8) is 0 Å². The number of halogens is 1. The standard InChI is InChI=1S/C17H20BrN3O2/c1-13-4-5-16(15(18)11-13)20-6-8-21(9-7-20)17(22)19-12-14-3-2-10-23-14/h2-5,10-11H,6-9,12H2,1H3,(H,19,22). The van der Waals surface area contributed by atoms with Crippen LogP contribution in [-0.4, -0.2) is 37.1 Å². The molecular weight excluding hydrogens is 358 g/mol. The minimum atomic E-state index is -0.0379.